The minimum Gasteiger partial charge on any atom is -0.358 e. The number of allylic oxidation sites excluding steroid dienone is 4. The summed E-state index contributed by atoms with van der Waals surface area (Å²) in [5.41, 5.74) is 16.6. The van der Waals surface area contributed by atoms with Crippen molar-refractivity contribution in [3.63, 3.8) is 0 Å². The Morgan fingerprint density at radius 2 is 0.909 bits per heavy atom. The van der Waals surface area contributed by atoms with Gasteiger partial charge in [-0.15, -0.1) is 0 Å². The van der Waals surface area contributed by atoms with Crippen molar-refractivity contribution < 1.29 is 0 Å². The van der Waals surface area contributed by atoms with E-state index in [0.717, 1.165) is 34.2 Å². The van der Waals surface area contributed by atoms with E-state index in [-0.39, 0.29) is 0 Å². The Morgan fingerprint density at radius 1 is 0.545 bits per heavy atom. The lowest BCUT2D eigenvalue weighted by Crippen LogP contribution is -1.86. The lowest BCUT2D eigenvalue weighted by Gasteiger charge is -2.05. The number of hydrogen-bond donors (Lipinski definition) is 2. The second-order valence-corrected chi connectivity index (χ2v) is 10.3. The van der Waals surface area contributed by atoms with E-state index >= 15 is 0 Å². The van der Waals surface area contributed by atoms with Crippen LogP contribution in [0, 0.1) is 27.7 Å². The van der Waals surface area contributed by atoms with Crippen LogP contribution in [0.4, 0.5) is 0 Å². The number of aromatic nitrogens is 2. The molecule has 172 valence electrons. The number of aryl methyl sites for hydroxylation is 2. The van der Waals surface area contributed by atoms with Gasteiger partial charge in [0, 0.05) is 44.0 Å². The Kier molecular flexibility index (Phi) is 6.04. The second kappa shape index (κ2) is 8.53. The third kappa shape index (κ3) is 4.04. The summed E-state index contributed by atoms with van der Waals surface area (Å²) in [6.07, 6.45) is 4.37. The molecule has 33 heavy (non-hydrogen) atoms. The summed E-state index contributed by atoms with van der Waals surface area (Å²) in [4.78, 5) is 19.3. The van der Waals surface area contributed by atoms with Gasteiger partial charge in [-0.3, -0.25) is 9.98 Å². The molecule has 2 aromatic rings. The van der Waals surface area contributed by atoms with E-state index in [2.05, 4.69) is 91.4 Å². The van der Waals surface area contributed by atoms with Crippen molar-refractivity contribution in [3.8, 4) is 0 Å². The first-order valence-electron chi connectivity index (χ1n) is 11.5. The molecule has 0 saturated carbocycles. The van der Waals surface area contributed by atoms with Gasteiger partial charge in [-0.1, -0.05) is 11.8 Å². The summed E-state index contributed by atoms with van der Waals surface area (Å²) < 4.78 is 0. The van der Waals surface area contributed by atoms with Gasteiger partial charge < -0.3 is 9.97 Å². The van der Waals surface area contributed by atoms with Crippen molar-refractivity contribution in [2.75, 3.05) is 0 Å². The highest BCUT2D eigenvalue weighted by Crippen LogP contribution is 2.40. The van der Waals surface area contributed by atoms with Crippen LogP contribution in [0.3, 0.4) is 0 Å². The number of rotatable bonds is 4. The first-order chi connectivity index (χ1) is 15.5. The Bertz CT molecular complexity index is 1260. The number of aromatic amines is 2. The fourth-order valence-corrected chi connectivity index (χ4v) is 5.53. The normalized spacial score (nSPS) is 19.0. The average Bonchev–Trinajstić information content (AvgIpc) is 3.36. The van der Waals surface area contributed by atoms with E-state index < -0.39 is 0 Å². The third-order valence-electron chi connectivity index (χ3n) is 7.14. The van der Waals surface area contributed by atoms with Crippen molar-refractivity contribution in [3.05, 3.63) is 67.6 Å². The SMILES string of the molecule is CC1=N/C(=C\c2[nH]c(C)c(Sc3c(C)[nH]c(/C=C4\N=C(C)C(C)=C4C)c3C)c2C)C(C)=C1C. The average molecular weight is 459 g/mol. The van der Waals surface area contributed by atoms with E-state index in [0.29, 0.717) is 0 Å². The van der Waals surface area contributed by atoms with Gasteiger partial charge >= 0.3 is 0 Å². The number of H-pyrrole nitrogens is 2. The van der Waals surface area contributed by atoms with Crippen LogP contribution in [-0.2, 0) is 0 Å². The summed E-state index contributed by atoms with van der Waals surface area (Å²) in [6.45, 7) is 21.4. The number of nitrogens with one attached hydrogen (secondary N) is 2. The number of hydrogen-bond acceptors (Lipinski definition) is 3. The molecule has 0 bridgehead atoms. The highest BCUT2D eigenvalue weighted by Gasteiger charge is 2.20. The molecule has 0 atom stereocenters. The molecule has 0 fully saturated rings. The van der Waals surface area contributed by atoms with Crippen LogP contribution in [0.1, 0.15) is 75.4 Å². The van der Waals surface area contributed by atoms with Crippen LogP contribution in [-0.4, -0.2) is 21.4 Å². The van der Waals surface area contributed by atoms with Gasteiger partial charge in [0.2, 0.25) is 0 Å². The van der Waals surface area contributed by atoms with Crippen molar-refractivity contribution in [1.29, 1.82) is 0 Å². The molecule has 4 rings (SSSR count). The van der Waals surface area contributed by atoms with Gasteiger partial charge in [0.25, 0.3) is 0 Å². The van der Waals surface area contributed by atoms with Crippen LogP contribution in [0.15, 0.2) is 53.5 Å². The largest absolute Gasteiger partial charge is 0.358 e. The molecule has 0 radical (unpaired) electrons. The van der Waals surface area contributed by atoms with Gasteiger partial charge in [-0.2, -0.15) is 0 Å². The summed E-state index contributed by atoms with van der Waals surface area (Å²) in [6, 6.07) is 0. The molecule has 0 saturated heterocycles. The van der Waals surface area contributed by atoms with E-state index in [1.807, 2.05) is 11.8 Å². The molecule has 2 aromatic heterocycles. The minimum absolute atomic E-state index is 1.06. The van der Waals surface area contributed by atoms with Gasteiger partial charge in [0.1, 0.15) is 0 Å². The fourth-order valence-electron chi connectivity index (χ4n) is 4.39. The van der Waals surface area contributed by atoms with Crippen molar-refractivity contribution in [2.45, 2.75) is 79.0 Å². The molecular formula is C28H34N4S. The fraction of sp³-hybridized carbons (Fsp3) is 0.357. The minimum atomic E-state index is 1.06. The molecule has 2 N–H and O–H groups in total. The molecule has 0 unspecified atom stereocenters. The molecule has 2 aliphatic heterocycles. The van der Waals surface area contributed by atoms with Crippen LogP contribution >= 0.6 is 11.8 Å². The Balaban J connectivity index is 1.68. The first-order valence-corrected chi connectivity index (χ1v) is 12.3. The Morgan fingerprint density at radius 3 is 1.21 bits per heavy atom. The van der Waals surface area contributed by atoms with Gasteiger partial charge in [0.05, 0.1) is 11.4 Å². The Labute approximate surface area is 201 Å². The highest BCUT2D eigenvalue weighted by molar-refractivity contribution is 7.99. The molecule has 4 nitrogen and oxygen atoms in total. The van der Waals surface area contributed by atoms with E-state index in [1.54, 1.807) is 0 Å². The third-order valence-corrected chi connectivity index (χ3v) is 8.77. The van der Waals surface area contributed by atoms with Gasteiger partial charge in [0.15, 0.2) is 0 Å². The van der Waals surface area contributed by atoms with E-state index in [9.17, 15) is 0 Å². The molecule has 0 aliphatic carbocycles. The molecule has 0 aromatic carbocycles. The smallest absolute Gasteiger partial charge is 0.0686 e. The quantitative estimate of drug-likeness (QED) is 0.478. The zero-order valence-electron chi connectivity index (χ0n) is 21.5. The van der Waals surface area contributed by atoms with Crippen LogP contribution in [0.25, 0.3) is 12.2 Å². The van der Waals surface area contributed by atoms with Gasteiger partial charge in [-0.25, -0.2) is 0 Å². The maximum atomic E-state index is 4.76. The maximum absolute atomic E-state index is 4.76. The second-order valence-electron chi connectivity index (χ2n) is 9.29. The van der Waals surface area contributed by atoms with Crippen LogP contribution in [0.2, 0.25) is 0 Å². The van der Waals surface area contributed by atoms with Gasteiger partial charge in [-0.05, 0) is 115 Å². The highest BCUT2D eigenvalue weighted by atomic mass is 32.2. The van der Waals surface area contributed by atoms with E-state index in [1.165, 1.54) is 54.6 Å². The standard InChI is InChI=1S/C28H34N4S/c1-13-15(3)23(29-19(13)7)11-25-17(5)27(21(9)31-25)33-28-18(6)26(32-22(28)10)12-24-16(4)14(2)20(8)30-24/h11-12,31-32H,1-10H3/b23-11-,24-12-. The molecule has 0 spiro atoms. The maximum Gasteiger partial charge on any atom is 0.0686 e. The van der Waals surface area contributed by atoms with Crippen molar-refractivity contribution >= 4 is 35.3 Å². The summed E-state index contributed by atoms with van der Waals surface area (Å²) in [5, 5.41) is 0. The zero-order valence-corrected chi connectivity index (χ0v) is 22.3. The summed E-state index contributed by atoms with van der Waals surface area (Å²) >= 11 is 1.84. The first kappa shape index (κ1) is 23.4. The summed E-state index contributed by atoms with van der Waals surface area (Å²) in [7, 11) is 0. The molecule has 4 heterocycles. The van der Waals surface area contributed by atoms with Crippen molar-refractivity contribution in [2.24, 2.45) is 9.98 Å². The van der Waals surface area contributed by atoms with Crippen LogP contribution < -0.4 is 0 Å². The predicted octanol–water partition coefficient (Wildman–Crippen LogP) is 8.03. The predicted molar refractivity (Wildman–Crippen MR) is 144 cm³/mol. The monoisotopic (exact) mass is 458 g/mol. The Hall–Kier alpha value is -2.79. The van der Waals surface area contributed by atoms with E-state index in [4.69, 9.17) is 9.98 Å². The molecule has 2 aliphatic rings. The lowest BCUT2D eigenvalue weighted by molar-refractivity contribution is 1.17. The topological polar surface area (TPSA) is 56.3 Å². The molecule has 0 amide bonds. The lowest BCUT2D eigenvalue weighted by atomic mass is 10.1. The van der Waals surface area contributed by atoms with Crippen LogP contribution in [0.5, 0.6) is 0 Å². The van der Waals surface area contributed by atoms with Crippen molar-refractivity contribution in [1.82, 2.24) is 9.97 Å². The zero-order chi connectivity index (χ0) is 24.2. The molecular weight excluding hydrogens is 424 g/mol. The molecule has 5 heteroatoms. The summed E-state index contributed by atoms with van der Waals surface area (Å²) in [5.74, 6) is 0. The number of nitrogens with zero attached hydrogens (tertiary/aromatic N) is 2. The number of aliphatic imine (C=N–C) groups is 2.